The first-order valence-corrected chi connectivity index (χ1v) is 8.90. The lowest BCUT2D eigenvalue weighted by atomic mass is 9.86. The van der Waals surface area contributed by atoms with Crippen molar-refractivity contribution in [3.63, 3.8) is 0 Å². The summed E-state index contributed by atoms with van der Waals surface area (Å²) in [5.41, 5.74) is -0.261. The van der Waals surface area contributed by atoms with Crippen molar-refractivity contribution in [1.82, 2.24) is 15.1 Å². The van der Waals surface area contributed by atoms with Gasteiger partial charge in [-0.25, -0.2) is 9.48 Å². The lowest BCUT2D eigenvalue weighted by Gasteiger charge is -2.29. The number of aromatic nitrogens is 2. The molecule has 3 rings (SSSR count). The van der Waals surface area contributed by atoms with Gasteiger partial charge < -0.3 is 10.1 Å². The van der Waals surface area contributed by atoms with E-state index >= 15 is 0 Å². The highest BCUT2D eigenvalue weighted by Crippen LogP contribution is 2.23. The van der Waals surface area contributed by atoms with Crippen LogP contribution in [0.3, 0.4) is 0 Å². The summed E-state index contributed by atoms with van der Waals surface area (Å²) in [5, 5.41) is 7.75. The molecule has 26 heavy (non-hydrogen) atoms. The molecule has 1 amide bonds. The van der Waals surface area contributed by atoms with E-state index in [4.69, 9.17) is 4.74 Å². The highest BCUT2D eigenvalue weighted by atomic mass is 16.5. The second-order valence-electron chi connectivity index (χ2n) is 6.83. The molecule has 1 aromatic heterocycles. The van der Waals surface area contributed by atoms with E-state index in [-0.39, 0.29) is 29.8 Å². The minimum atomic E-state index is -0.719. The maximum atomic E-state index is 12.4. The van der Waals surface area contributed by atoms with Crippen LogP contribution in [-0.4, -0.2) is 34.3 Å². The van der Waals surface area contributed by atoms with E-state index in [1.165, 1.54) is 13.5 Å². The summed E-state index contributed by atoms with van der Waals surface area (Å²) in [6.45, 7) is 1.76. The van der Waals surface area contributed by atoms with Crippen LogP contribution in [-0.2, 0) is 16.6 Å². The maximum Gasteiger partial charge on any atom is 0.359 e. The van der Waals surface area contributed by atoms with Crippen LogP contribution in [0.25, 0.3) is 10.8 Å². The van der Waals surface area contributed by atoms with Crippen LogP contribution < -0.4 is 10.9 Å². The lowest BCUT2D eigenvalue weighted by Crippen LogP contribution is -2.43. The molecule has 1 N–H and O–H groups in total. The molecule has 0 spiro atoms. The zero-order valence-electron chi connectivity index (χ0n) is 15.0. The number of fused-ring (bicyclic) bond motifs is 1. The maximum absolute atomic E-state index is 12.4. The summed E-state index contributed by atoms with van der Waals surface area (Å²) in [4.78, 5) is 36.6. The molecule has 1 aliphatic carbocycles. The molecule has 0 unspecified atom stereocenters. The van der Waals surface area contributed by atoms with Crippen LogP contribution in [0.15, 0.2) is 29.1 Å². The van der Waals surface area contributed by atoms with Crippen molar-refractivity contribution < 1.29 is 14.3 Å². The van der Waals surface area contributed by atoms with Gasteiger partial charge >= 0.3 is 5.97 Å². The standard InChI is InChI=1S/C19H23N3O4/c1-12-7-3-6-10-15(12)20-16(23)11-26-19(25)17-13-8-4-5-9-14(13)18(24)22(2)21-17/h4-5,8-9,12,15H,3,6-7,10-11H2,1-2H3,(H,20,23)/t12-,15-/m1/s1. The van der Waals surface area contributed by atoms with Gasteiger partial charge in [0.15, 0.2) is 12.3 Å². The smallest absolute Gasteiger partial charge is 0.359 e. The fourth-order valence-corrected chi connectivity index (χ4v) is 3.43. The van der Waals surface area contributed by atoms with Gasteiger partial charge in [0, 0.05) is 18.5 Å². The zero-order valence-corrected chi connectivity index (χ0v) is 15.0. The van der Waals surface area contributed by atoms with E-state index in [0.717, 1.165) is 23.9 Å². The number of hydrogen-bond donors (Lipinski definition) is 1. The van der Waals surface area contributed by atoms with E-state index in [0.29, 0.717) is 16.7 Å². The van der Waals surface area contributed by atoms with Crippen LogP contribution >= 0.6 is 0 Å². The van der Waals surface area contributed by atoms with Crippen LogP contribution in [0, 0.1) is 5.92 Å². The molecule has 1 aromatic carbocycles. The van der Waals surface area contributed by atoms with Crippen molar-refractivity contribution in [2.24, 2.45) is 13.0 Å². The van der Waals surface area contributed by atoms with Gasteiger partial charge in [0.05, 0.1) is 5.39 Å². The Morgan fingerprint density at radius 1 is 1.23 bits per heavy atom. The zero-order chi connectivity index (χ0) is 18.7. The van der Waals surface area contributed by atoms with Gasteiger partial charge in [0.1, 0.15) is 0 Å². The first-order valence-electron chi connectivity index (χ1n) is 8.90. The minimum absolute atomic E-state index is 0.0292. The van der Waals surface area contributed by atoms with E-state index < -0.39 is 5.97 Å². The summed E-state index contributed by atoms with van der Waals surface area (Å²) in [5.74, 6) is -0.604. The summed E-state index contributed by atoms with van der Waals surface area (Å²) in [6, 6.07) is 6.85. The summed E-state index contributed by atoms with van der Waals surface area (Å²) in [6.07, 6.45) is 4.34. The van der Waals surface area contributed by atoms with Gasteiger partial charge in [-0.05, 0) is 24.8 Å². The average Bonchev–Trinajstić information content (AvgIpc) is 2.64. The number of ether oxygens (including phenoxy) is 1. The molecule has 7 nitrogen and oxygen atoms in total. The number of nitrogens with one attached hydrogen (secondary N) is 1. The minimum Gasteiger partial charge on any atom is -0.451 e. The van der Waals surface area contributed by atoms with Gasteiger partial charge in [-0.15, -0.1) is 0 Å². The van der Waals surface area contributed by atoms with Crippen molar-refractivity contribution >= 4 is 22.6 Å². The van der Waals surface area contributed by atoms with Gasteiger partial charge in [0.2, 0.25) is 0 Å². The number of benzene rings is 1. The van der Waals surface area contributed by atoms with E-state index in [1.807, 2.05) is 0 Å². The first-order chi connectivity index (χ1) is 12.5. The molecule has 138 valence electrons. The Kier molecular flexibility index (Phi) is 5.35. The number of rotatable bonds is 4. The number of carbonyl (C=O) groups is 2. The number of aryl methyl sites for hydroxylation is 1. The second kappa shape index (κ2) is 7.68. The van der Waals surface area contributed by atoms with Gasteiger partial charge in [-0.3, -0.25) is 9.59 Å². The summed E-state index contributed by atoms with van der Waals surface area (Å²) < 4.78 is 6.24. The second-order valence-corrected chi connectivity index (χ2v) is 6.83. The Morgan fingerprint density at radius 2 is 1.92 bits per heavy atom. The van der Waals surface area contributed by atoms with Gasteiger partial charge in [0.25, 0.3) is 11.5 Å². The normalized spacial score (nSPS) is 19.9. The Hall–Kier alpha value is -2.70. The Labute approximate surface area is 151 Å². The lowest BCUT2D eigenvalue weighted by molar-refractivity contribution is -0.125. The van der Waals surface area contributed by atoms with Gasteiger partial charge in [-0.1, -0.05) is 38.0 Å². The molecule has 1 aliphatic rings. The number of carbonyl (C=O) groups excluding carboxylic acids is 2. The quantitative estimate of drug-likeness (QED) is 0.843. The number of hydrogen-bond acceptors (Lipinski definition) is 5. The monoisotopic (exact) mass is 357 g/mol. The fraction of sp³-hybridized carbons (Fsp3) is 0.474. The SMILES string of the molecule is C[C@@H]1CCCC[C@H]1NC(=O)COC(=O)c1nn(C)c(=O)c2ccccc12. The van der Waals surface area contributed by atoms with Crippen molar-refractivity contribution in [1.29, 1.82) is 0 Å². The molecular formula is C19H23N3O4. The highest BCUT2D eigenvalue weighted by molar-refractivity contribution is 6.02. The predicted octanol–water partition coefficient (Wildman–Crippen LogP) is 1.79. The van der Waals surface area contributed by atoms with Crippen LogP contribution in [0.2, 0.25) is 0 Å². The van der Waals surface area contributed by atoms with Crippen molar-refractivity contribution in [2.75, 3.05) is 6.61 Å². The fourth-order valence-electron chi connectivity index (χ4n) is 3.43. The third-order valence-corrected chi connectivity index (χ3v) is 4.94. The molecule has 0 bridgehead atoms. The van der Waals surface area contributed by atoms with Crippen LogP contribution in [0.4, 0.5) is 0 Å². The first kappa shape index (κ1) is 18.1. The Balaban J connectivity index is 1.69. The van der Waals surface area contributed by atoms with Crippen LogP contribution in [0.5, 0.6) is 0 Å². The van der Waals surface area contributed by atoms with E-state index in [1.54, 1.807) is 24.3 Å². The van der Waals surface area contributed by atoms with Crippen molar-refractivity contribution in [2.45, 2.75) is 38.6 Å². The molecular weight excluding hydrogens is 334 g/mol. The molecule has 0 aliphatic heterocycles. The van der Waals surface area contributed by atoms with Crippen molar-refractivity contribution in [3.05, 3.63) is 40.3 Å². The van der Waals surface area contributed by atoms with E-state index in [2.05, 4.69) is 17.3 Å². The number of amides is 1. The molecule has 1 heterocycles. The molecule has 2 aromatic rings. The van der Waals surface area contributed by atoms with E-state index in [9.17, 15) is 14.4 Å². The third kappa shape index (κ3) is 3.76. The molecule has 2 atom stereocenters. The number of esters is 1. The Bertz CT molecular complexity index is 890. The molecule has 0 radical (unpaired) electrons. The third-order valence-electron chi connectivity index (χ3n) is 4.94. The molecule has 1 saturated carbocycles. The molecule has 1 fully saturated rings. The Morgan fingerprint density at radius 3 is 2.65 bits per heavy atom. The van der Waals surface area contributed by atoms with Gasteiger partial charge in [-0.2, -0.15) is 5.10 Å². The predicted molar refractivity (Wildman–Crippen MR) is 96.8 cm³/mol. The topological polar surface area (TPSA) is 90.3 Å². The van der Waals surface area contributed by atoms with Crippen LogP contribution in [0.1, 0.15) is 43.1 Å². The highest BCUT2D eigenvalue weighted by Gasteiger charge is 2.24. The summed E-state index contributed by atoms with van der Waals surface area (Å²) in [7, 11) is 1.47. The number of nitrogens with zero attached hydrogens (tertiary/aromatic N) is 2. The van der Waals surface area contributed by atoms with Crippen molar-refractivity contribution in [3.8, 4) is 0 Å². The summed E-state index contributed by atoms with van der Waals surface area (Å²) >= 11 is 0. The average molecular weight is 357 g/mol. The largest absolute Gasteiger partial charge is 0.451 e. The molecule has 7 heteroatoms. The molecule has 0 saturated heterocycles.